The van der Waals surface area contributed by atoms with Gasteiger partial charge in [-0.1, -0.05) is 31.0 Å². The van der Waals surface area contributed by atoms with E-state index in [0.717, 1.165) is 41.7 Å². The molecular weight excluding hydrogens is 408 g/mol. The second-order valence-electron chi connectivity index (χ2n) is 7.96. The molecule has 0 saturated heterocycles. The Morgan fingerprint density at radius 1 is 1.16 bits per heavy atom. The molecule has 0 bridgehead atoms. The van der Waals surface area contributed by atoms with Crippen LogP contribution in [-0.4, -0.2) is 27.8 Å². The number of hydrogen-bond donors (Lipinski definition) is 1. The monoisotopic (exact) mass is 434 g/mol. The van der Waals surface area contributed by atoms with Crippen LogP contribution in [0.5, 0.6) is 0 Å². The van der Waals surface area contributed by atoms with E-state index in [2.05, 4.69) is 15.3 Å². The highest BCUT2D eigenvalue weighted by Gasteiger charge is 2.36. The van der Waals surface area contributed by atoms with Gasteiger partial charge in [0.2, 0.25) is 5.91 Å². The van der Waals surface area contributed by atoms with Crippen molar-refractivity contribution >= 4 is 28.8 Å². The summed E-state index contributed by atoms with van der Waals surface area (Å²) in [5.41, 5.74) is 2.84. The van der Waals surface area contributed by atoms with Crippen LogP contribution in [0, 0.1) is 13.8 Å². The molecule has 6 nitrogen and oxygen atoms in total. The van der Waals surface area contributed by atoms with Crippen LogP contribution in [0.4, 0.5) is 5.69 Å². The Labute approximate surface area is 186 Å². The molecule has 1 N–H and O–H groups in total. The molecule has 2 heterocycles. The van der Waals surface area contributed by atoms with Gasteiger partial charge in [0.05, 0.1) is 6.20 Å². The molecule has 160 valence electrons. The van der Waals surface area contributed by atoms with Crippen molar-refractivity contribution in [2.45, 2.75) is 51.6 Å². The van der Waals surface area contributed by atoms with Crippen LogP contribution in [0.15, 0.2) is 54.3 Å². The average Bonchev–Trinajstić information content (AvgIpc) is 3.48. The van der Waals surface area contributed by atoms with E-state index in [1.165, 1.54) is 29.9 Å². The first kappa shape index (κ1) is 21.2. The van der Waals surface area contributed by atoms with Gasteiger partial charge in [0.1, 0.15) is 5.69 Å². The van der Waals surface area contributed by atoms with Crippen molar-refractivity contribution in [3.8, 4) is 0 Å². The van der Waals surface area contributed by atoms with Crippen LogP contribution < -0.4 is 10.2 Å². The van der Waals surface area contributed by atoms with Gasteiger partial charge in [-0.3, -0.25) is 19.5 Å². The number of aryl methyl sites for hydroxylation is 2. The van der Waals surface area contributed by atoms with Crippen LogP contribution in [0.3, 0.4) is 0 Å². The van der Waals surface area contributed by atoms with Crippen LogP contribution in [0.25, 0.3) is 0 Å². The number of carbonyl (C=O) groups is 2. The number of carbonyl (C=O) groups excluding carboxylic acids is 2. The molecule has 0 spiro atoms. The number of rotatable bonds is 6. The standard InChI is InChI=1S/C24H26N4O2S/c1-16-9-10-17(2)20(14-16)28(24(30)19-15-25-11-12-26-19)22(21-8-5-13-31-21)23(29)27-18-6-3-4-7-18/h5,8-15,18,22H,3-4,6-7H2,1-2H3,(H,27,29). The summed E-state index contributed by atoms with van der Waals surface area (Å²) in [5.74, 6) is -0.505. The smallest absolute Gasteiger partial charge is 0.279 e. The van der Waals surface area contributed by atoms with Gasteiger partial charge < -0.3 is 5.32 Å². The molecule has 3 aromatic rings. The first-order chi connectivity index (χ1) is 15.0. The molecule has 4 rings (SSSR count). The third kappa shape index (κ3) is 4.66. The number of nitrogens with zero attached hydrogens (tertiary/aromatic N) is 3. The van der Waals surface area contributed by atoms with Gasteiger partial charge in [0.25, 0.3) is 5.91 Å². The second-order valence-corrected chi connectivity index (χ2v) is 8.94. The third-order valence-corrected chi connectivity index (χ3v) is 6.57. The van der Waals surface area contributed by atoms with Crippen molar-refractivity contribution < 1.29 is 9.59 Å². The number of amides is 2. The highest BCUT2D eigenvalue weighted by molar-refractivity contribution is 7.10. The van der Waals surface area contributed by atoms with Crippen molar-refractivity contribution in [3.05, 3.63) is 76.0 Å². The van der Waals surface area contributed by atoms with E-state index in [0.29, 0.717) is 5.69 Å². The summed E-state index contributed by atoms with van der Waals surface area (Å²) in [6, 6.07) is 9.12. The van der Waals surface area contributed by atoms with E-state index in [1.807, 2.05) is 49.6 Å². The average molecular weight is 435 g/mol. The maximum Gasteiger partial charge on any atom is 0.279 e. The van der Waals surface area contributed by atoms with E-state index in [1.54, 1.807) is 4.90 Å². The Bertz CT molecular complexity index is 1050. The molecule has 1 unspecified atom stereocenters. The summed E-state index contributed by atoms with van der Waals surface area (Å²) in [4.78, 5) is 38.0. The first-order valence-electron chi connectivity index (χ1n) is 10.5. The quantitative estimate of drug-likeness (QED) is 0.615. The van der Waals surface area contributed by atoms with Crippen LogP contribution in [-0.2, 0) is 4.79 Å². The number of nitrogens with one attached hydrogen (secondary N) is 1. The van der Waals surface area contributed by atoms with Gasteiger partial charge in [-0.05, 0) is 55.3 Å². The van der Waals surface area contributed by atoms with Crippen molar-refractivity contribution in [1.29, 1.82) is 0 Å². The molecular formula is C24H26N4O2S. The van der Waals surface area contributed by atoms with Crippen LogP contribution in [0.2, 0.25) is 0 Å². The topological polar surface area (TPSA) is 75.2 Å². The molecule has 1 aromatic carbocycles. The van der Waals surface area contributed by atoms with Crippen LogP contribution in [0.1, 0.15) is 58.2 Å². The van der Waals surface area contributed by atoms with Gasteiger partial charge in [-0.2, -0.15) is 0 Å². The lowest BCUT2D eigenvalue weighted by atomic mass is 10.0. The molecule has 1 aliphatic carbocycles. The number of anilines is 1. The summed E-state index contributed by atoms with van der Waals surface area (Å²) in [6.07, 6.45) is 8.66. The first-order valence-corrected chi connectivity index (χ1v) is 11.4. The third-order valence-electron chi connectivity index (χ3n) is 5.65. The molecule has 31 heavy (non-hydrogen) atoms. The lowest BCUT2D eigenvalue weighted by Crippen LogP contribution is -2.46. The minimum Gasteiger partial charge on any atom is -0.351 e. The normalized spacial score (nSPS) is 14.9. The Morgan fingerprint density at radius 2 is 1.97 bits per heavy atom. The SMILES string of the molecule is Cc1ccc(C)c(N(C(=O)c2cnccn2)C(C(=O)NC2CCCC2)c2cccs2)c1. The fraction of sp³-hybridized carbons (Fsp3) is 0.333. The summed E-state index contributed by atoms with van der Waals surface area (Å²) in [5, 5.41) is 5.13. The van der Waals surface area contributed by atoms with Gasteiger partial charge in [-0.25, -0.2) is 4.98 Å². The molecule has 1 atom stereocenters. The minimum absolute atomic E-state index is 0.155. The van der Waals surface area contributed by atoms with Crippen molar-refractivity contribution in [1.82, 2.24) is 15.3 Å². The molecule has 7 heteroatoms. The Kier molecular flexibility index (Phi) is 6.42. The van der Waals surface area contributed by atoms with Gasteiger partial charge >= 0.3 is 0 Å². The molecule has 2 aromatic heterocycles. The van der Waals surface area contributed by atoms with Crippen LogP contribution >= 0.6 is 11.3 Å². The second kappa shape index (κ2) is 9.39. The predicted molar refractivity (Wildman–Crippen MR) is 122 cm³/mol. The van der Waals surface area contributed by atoms with Gasteiger partial charge in [0.15, 0.2) is 6.04 Å². The molecule has 1 aliphatic rings. The van der Waals surface area contributed by atoms with E-state index in [9.17, 15) is 9.59 Å². The molecule has 0 radical (unpaired) electrons. The number of aromatic nitrogens is 2. The lowest BCUT2D eigenvalue weighted by molar-refractivity contribution is -0.123. The maximum atomic E-state index is 13.7. The zero-order valence-electron chi connectivity index (χ0n) is 17.7. The van der Waals surface area contributed by atoms with Crippen molar-refractivity contribution in [2.24, 2.45) is 0 Å². The highest BCUT2D eigenvalue weighted by atomic mass is 32.1. The highest BCUT2D eigenvalue weighted by Crippen LogP contribution is 2.34. The Morgan fingerprint density at radius 3 is 2.65 bits per heavy atom. The molecule has 1 saturated carbocycles. The Balaban J connectivity index is 1.82. The number of hydrogen-bond acceptors (Lipinski definition) is 5. The van der Waals surface area contributed by atoms with E-state index >= 15 is 0 Å². The van der Waals surface area contributed by atoms with Gasteiger partial charge in [-0.15, -0.1) is 11.3 Å². The fourth-order valence-electron chi connectivity index (χ4n) is 4.05. The van der Waals surface area contributed by atoms with E-state index in [4.69, 9.17) is 0 Å². The number of thiophene rings is 1. The molecule has 2 amide bonds. The van der Waals surface area contributed by atoms with Gasteiger partial charge in [0, 0.05) is 29.0 Å². The lowest BCUT2D eigenvalue weighted by Gasteiger charge is -2.32. The summed E-state index contributed by atoms with van der Waals surface area (Å²) in [6.45, 7) is 3.93. The number of benzene rings is 1. The minimum atomic E-state index is -0.782. The van der Waals surface area contributed by atoms with E-state index < -0.39 is 6.04 Å². The van der Waals surface area contributed by atoms with Crippen molar-refractivity contribution in [3.63, 3.8) is 0 Å². The fourth-order valence-corrected chi connectivity index (χ4v) is 4.86. The zero-order chi connectivity index (χ0) is 21.8. The zero-order valence-corrected chi connectivity index (χ0v) is 18.6. The largest absolute Gasteiger partial charge is 0.351 e. The summed E-state index contributed by atoms with van der Waals surface area (Å²) in [7, 11) is 0. The predicted octanol–water partition coefficient (Wildman–Crippen LogP) is 4.60. The molecule has 1 fully saturated rings. The Hall–Kier alpha value is -3.06. The van der Waals surface area contributed by atoms with Crippen molar-refractivity contribution in [2.75, 3.05) is 4.90 Å². The summed E-state index contributed by atoms with van der Waals surface area (Å²) < 4.78 is 0. The van der Waals surface area contributed by atoms with E-state index in [-0.39, 0.29) is 23.6 Å². The summed E-state index contributed by atoms with van der Waals surface area (Å²) >= 11 is 1.47. The maximum absolute atomic E-state index is 13.7. The molecule has 0 aliphatic heterocycles.